The van der Waals surface area contributed by atoms with Gasteiger partial charge in [0.05, 0.1) is 12.4 Å². The Morgan fingerprint density at radius 3 is 2.38 bits per heavy atom. The molecule has 1 heterocycles. The molecule has 1 aliphatic carbocycles. The van der Waals surface area contributed by atoms with Gasteiger partial charge >= 0.3 is 5.97 Å². The zero-order valence-electron chi connectivity index (χ0n) is 12.4. The maximum Gasteiger partial charge on any atom is 0.356 e. The molecule has 1 aliphatic rings. The molecule has 1 saturated carbocycles. The smallest absolute Gasteiger partial charge is 0.356 e. The van der Waals surface area contributed by atoms with Crippen LogP contribution >= 0.6 is 0 Å². The molecule has 0 aliphatic heterocycles. The molecule has 1 aromatic heterocycles. The van der Waals surface area contributed by atoms with Crippen molar-refractivity contribution in [3.8, 4) is 0 Å². The van der Waals surface area contributed by atoms with E-state index in [2.05, 4.69) is 9.97 Å². The summed E-state index contributed by atoms with van der Waals surface area (Å²) in [4.78, 5) is 32.3. The van der Waals surface area contributed by atoms with E-state index in [0.717, 1.165) is 37.4 Å². The van der Waals surface area contributed by atoms with Gasteiger partial charge in [-0.2, -0.15) is 0 Å². The third kappa shape index (κ3) is 3.37. The number of benzene rings is 1. The quantitative estimate of drug-likeness (QED) is 0.907. The molecule has 1 fully saturated rings. The lowest BCUT2D eigenvalue weighted by molar-refractivity contribution is 0.0682. The van der Waals surface area contributed by atoms with E-state index in [0.29, 0.717) is 0 Å². The van der Waals surface area contributed by atoms with E-state index in [9.17, 15) is 18.4 Å². The molecule has 124 valence electrons. The van der Waals surface area contributed by atoms with Gasteiger partial charge in [0.15, 0.2) is 5.69 Å². The maximum atomic E-state index is 13.8. The van der Waals surface area contributed by atoms with Crippen LogP contribution in [0.3, 0.4) is 0 Å². The van der Waals surface area contributed by atoms with E-state index in [1.807, 2.05) is 0 Å². The summed E-state index contributed by atoms with van der Waals surface area (Å²) >= 11 is 0. The van der Waals surface area contributed by atoms with Gasteiger partial charge in [-0.15, -0.1) is 0 Å². The normalized spacial score (nSPS) is 13.6. The van der Waals surface area contributed by atoms with Crippen molar-refractivity contribution in [2.24, 2.45) is 0 Å². The van der Waals surface area contributed by atoms with Crippen LogP contribution in [0.1, 0.15) is 39.4 Å². The van der Waals surface area contributed by atoms with Gasteiger partial charge in [0.1, 0.15) is 17.3 Å². The highest BCUT2D eigenvalue weighted by Crippen LogP contribution is 2.30. The van der Waals surface area contributed by atoms with E-state index in [1.54, 1.807) is 0 Å². The standard InChI is InChI=1S/C16H13F2N3O3/c17-10-2-1-9(12(18)5-10)8-21(11-3-4-11)15(22)13-6-20-14(7-19-13)16(23)24/h1-2,5-7,11H,3-4,8H2,(H,23,24). The summed E-state index contributed by atoms with van der Waals surface area (Å²) in [6, 6.07) is 3.16. The molecule has 3 rings (SSSR count). The minimum absolute atomic E-state index is 0.0159. The van der Waals surface area contributed by atoms with Gasteiger partial charge in [-0.3, -0.25) is 4.79 Å². The van der Waals surface area contributed by atoms with Gasteiger partial charge in [-0.25, -0.2) is 23.5 Å². The Morgan fingerprint density at radius 1 is 1.17 bits per heavy atom. The van der Waals surface area contributed by atoms with Crippen molar-refractivity contribution in [3.63, 3.8) is 0 Å². The highest BCUT2D eigenvalue weighted by molar-refractivity contribution is 5.93. The van der Waals surface area contributed by atoms with Crippen LogP contribution in [0.5, 0.6) is 0 Å². The minimum atomic E-state index is -1.24. The van der Waals surface area contributed by atoms with Crippen molar-refractivity contribution in [3.05, 3.63) is 59.2 Å². The van der Waals surface area contributed by atoms with Gasteiger partial charge in [0.25, 0.3) is 5.91 Å². The van der Waals surface area contributed by atoms with Crippen LogP contribution < -0.4 is 0 Å². The first-order valence-corrected chi connectivity index (χ1v) is 7.26. The third-order valence-corrected chi connectivity index (χ3v) is 3.69. The predicted octanol–water partition coefficient (Wildman–Crippen LogP) is 2.26. The first-order chi connectivity index (χ1) is 11.5. The molecular formula is C16H13F2N3O3. The zero-order chi connectivity index (χ0) is 17.3. The topological polar surface area (TPSA) is 83.4 Å². The molecule has 2 aromatic rings. The fourth-order valence-corrected chi connectivity index (χ4v) is 2.28. The summed E-state index contributed by atoms with van der Waals surface area (Å²) in [6.45, 7) is -0.0159. The molecule has 8 heteroatoms. The lowest BCUT2D eigenvalue weighted by atomic mass is 10.2. The molecule has 0 atom stereocenters. The number of rotatable bonds is 5. The minimum Gasteiger partial charge on any atom is -0.476 e. The number of amides is 1. The number of nitrogens with zero attached hydrogens (tertiary/aromatic N) is 3. The van der Waals surface area contributed by atoms with Crippen LogP contribution in [-0.2, 0) is 6.54 Å². The number of halogens is 2. The number of aromatic nitrogens is 2. The van der Waals surface area contributed by atoms with Gasteiger partial charge in [-0.05, 0) is 18.9 Å². The van der Waals surface area contributed by atoms with Crippen LogP contribution in [0.4, 0.5) is 8.78 Å². The van der Waals surface area contributed by atoms with E-state index in [1.165, 1.54) is 11.0 Å². The highest BCUT2D eigenvalue weighted by Gasteiger charge is 2.34. The van der Waals surface area contributed by atoms with E-state index in [-0.39, 0.29) is 29.5 Å². The predicted molar refractivity (Wildman–Crippen MR) is 78.2 cm³/mol. The maximum absolute atomic E-state index is 13.8. The van der Waals surface area contributed by atoms with Gasteiger partial charge in [0, 0.05) is 24.2 Å². The summed E-state index contributed by atoms with van der Waals surface area (Å²) in [5.41, 5.74) is -0.0877. The van der Waals surface area contributed by atoms with Crippen LogP contribution in [0, 0.1) is 11.6 Å². The molecule has 0 spiro atoms. The number of hydrogen-bond donors (Lipinski definition) is 1. The monoisotopic (exact) mass is 333 g/mol. The molecule has 24 heavy (non-hydrogen) atoms. The number of aromatic carboxylic acids is 1. The second kappa shape index (κ2) is 6.31. The Balaban J connectivity index is 1.82. The Hall–Kier alpha value is -2.90. The third-order valence-electron chi connectivity index (χ3n) is 3.69. The molecule has 1 amide bonds. The Bertz CT molecular complexity index is 792. The Morgan fingerprint density at radius 2 is 1.83 bits per heavy atom. The van der Waals surface area contributed by atoms with Crippen LogP contribution in [0.25, 0.3) is 0 Å². The molecule has 1 aromatic carbocycles. The van der Waals surface area contributed by atoms with Gasteiger partial charge in [-0.1, -0.05) is 6.07 Å². The fourth-order valence-electron chi connectivity index (χ4n) is 2.28. The largest absolute Gasteiger partial charge is 0.476 e. The highest BCUT2D eigenvalue weighted by atomic mass is 19.1. The number of carbonyl (C=O) groups excluding carboxylic acids is 1. The van der Waals surface area contributed by atoms with Crippen molar-refractivity contribution < 1.29 is 23.5 Å². The van der Waals surface area contributed by atoms with E-state index < -0.39 is 23.5 Å². The molecular weight excluding hydrogens is 320 g/mol. The Kier molecular flexibility index (Phi) is 4.20. The fraction of sp³-hybridized carbons (Fsp3) is 0.250. The first-order valence-electron chi connectivity index (χ1n) is 7.26. The van der Waals surface area contributed by atoms with Gasteiger partial charge in [0.2, 0.25) is 0 Å². The molecule has 6 nitrogen and oxygen atoms in total. The molecule has 0 unspecified atom stereocenters. The van der Waals surface area contributed by atoms with E-state index >= 15 is 0 Å². The molecule has 0 radical (unpaired) electrons. The van der Waals surface area contributed by atoms with Crippen LogP contribution in [0.2, 0.25) is 0 Å². The zero-order valence-corrected chi connectivity index (χ0v) is 12.4. The summed E-state index contributed by atoms with van der Waals surface area (Å²) < 4.78 is 26.8. The van der Waals surface area contributed by atoms with Crippen molar-refractivity contribution in [1.29, 1.82) is 0 Å². The lowest BCUT2D eigenvalue weighted by Gasteiger charge is -2.22. The Labute approximate surface area is 135 Å². The van der Waals surface area contributed by atoms with Crippen molar-refractivity contribution >= 4 is 11.9 Å². The van der Waals surface area contributed by atoms with Gasteiger partial charge < -0.3 is 10.0 Å². The summed E-state index contributed by atoms with van der Waals surface area (Å²) in [6.07, 6.45) is 3.66. The number of carboxylic acids is 1. The number of hydrogen-bond acceptors (Lipinski definition) is 4. The second-order valence-electron chi connectivity index (χ2n) is 5.49. The molecule has 1 N–H and O–H groups in total. The van der Waals surface area contributed by atoms with Crippen molar-refractivity contribution in [2.45, 2.75) is 25.4 Å². The van der Waals surface area contributed by atoms with Crippen molar-refractivity contribution in [1.82, 2.24) is 14.9 Å². The SMILES string of the molecule is O=C(O)c1cnc(C(=O)N(Cc2ccc(F)cc2F)C2CC2)cn1. The molecule has 0 saturated heterocycles. The summed E-state index contributed by atoms with van der Waals surface area (Å²) in [5.74, 6) is -3.11. The lowest BCUT2D eigenvalue weighted by Crippen LogP contribution is -2.33. The van der Waals surface area contributed by atoms with Crippen LogP contribution in [-0.4, -0.2) is 37.9 Å². The van der Waals surface area contributed by atoms with Crippen molar-refractivity contribution in [2.75, 3.05) is 0 Å². The summed E-state index contributed by atoms with van der Waals surface area (Å²) in [7, 11) is 0. The average Bonchev–Trinajstić information content (AvgIpc) is 3.38. The number of carbonyl (C=O) groups is 2. The van der Waals surface area contributed by atoms with E-state index in [4.69, 9.17) is 5.11 Å². The second-order valence-corrected chi connectivity index (χ2v) is 5.49. The van der Waals surface area contributed by atoms with Crippen LogP contribution in [0.15, 0.2) is 30.6 Å². The first kappa shape index (κ1) is 16.0. The molecule has 0 bridgehead atoms. The average molecular weight is 333 g/mol. The number of carboxylic acid groups (broad SMARTS) is 1. The summed E-state index contributed by atoms with van der Waals surface area (Å²) in [5, 5.41) is 8.80.